The van der Waals surface area contributed by atoms with Gasteiger partial charge in [0.2, 0.25) is 0 Å². The molecular weight excluding hydrogens is 556 g/mol. The van der Waals surface area contributed by atoms with Crippen LogP contribution < -0.4 is 10.1 Å². The van der Waals surface area contributed by atoms with E-state index in [-0.39, 0.29) is 37.2 Å². The van der Waals surface area contributed by atoms with Gasteiger partial charge in [0.25, 0.3) is 0 Å². The summed E-state index contributed by atoms with van der Waals surface area (Å²) in [6.07, 6.45) is 3.13. The van der Waals surface area contributed by atoms with E-state index in [4.69, 9.17) is 14.2 Å². The van der Waals surface area contributed by atoms with Crippen LogP contribution in [0.5, 0.6) is 5.75 Å². The van der Waals surface area contributed by atoms with Gasteiger partial charge in [-0.15, -0.1) is 0 Å². The highest BCUT2D eigenvalue weighted by Gasteiger charge is 2.18. The van der Waals surface area contributed by atoms with E-state index in [0.29, 0.717) is 22.6 Å². The Labute approximate surface area is 260 Å². The number of nitrogens with zero attached hydrogens (tertiary/aromatic N) is 1. The van der Waals surface area contributed by atoms with Crippen LogP contribution in [0.15, 0.2) is 78.4 Å². The van der Waals surface area contributed by atoms with Crippen molar-refractivity contribution in [1.29, 1.82) is 0 Å². The maximum Gasteiger partial charge on any atom is 0.407 e. The predicted molar refractivity (Wildman–Crippen MR) is 173 cm³/mol. The molecule has 3 aromatic rings. The summed E-state index contributed by atoms with van der Waals surface area (Å²) >= 11 is 0. The first-order valence-electron chi connectivity index (χ1n) is 14.8. The third-order valence-corrected chi connectivity index (χ3v) is 6.48. The van der Waals surface area contributed by atoms with Crippen LogP contribution >= 0.6 is 0 Å². The summed E-state index contributed by atoms with van der Waals surface area (Å²) in [6.45, 7) is 15.3. The number of aliphatic hydroxyl groups excluding tert-OH is 1. The molecule has 2 N–H and O–H groups in total. The number of hydrogen-bond acceptors (Lipinski definition) is 7. The third-order valence-electron chi connectivity index (χ3n) is 6.48. The fraction of sp³-hybridized carbons (Fsp3) is 0.361. The Hall–Kier alpha value is -4.59. The number of aromatic nitrogens is 1. The number of aryl methyl sites for hydroxylation is 1. The molecule has 234 valence electrons. The SMILES string of the molecule is CCOC(=O)Cc1ccc(-c2ccnc(C)c2)cc1O/C(=C/C(=C(\C)O)c1cccc(CNC(=O)OC(C)(C)C)c1)C(C)C. The van der Waals surface area contributed by atoms with Crippen LogP contribution in [0.25, 0.3) is 16.7 Å². The zero-order valence-corrected chi connectivity index (χ0v) is 27.0. The molecule has 0 radical (unpaired) electrons. The second kappa shape index (κ2) is 15.2. The largest absolute Gasteiger partial charge is 0.512 e. The summed E-state index contributed by atoms with van der Waals surface area (Å²) in [5.41, 5.74) is 5.03. The number of allylic oxidation sites excluding steroid dienone is 4. The van der Waals surface area contributed by atoms with Gasteiger partial charge in [-0.05, 0) is 94.1 Å². The van der Waals surface area contributed by atoms with Crippen molar-refractivity contribution in [2.45, 2.75) is 74.0 Å². The zero-order valence-electron chi connectivity index (χ0n) is 27.0. The maximum atomic E-state index is 12.5. The molecule has 3 rings (SSSR count). The number of hydrogen-bond donors (Lipinski definition) is 2. The standard InChI is InChI=1S/C36H44N2O6/c1-9-42-34(40)20-30-14-13-27(28-15-16-37-24(4)17-28)19-33(30)43-32(23(2)3)21-31(25(5)39)29-12-10-11-26(18-29)22-38-35(41)44-36(6,7)8/h10-19,21,23,39H,9,20,22H2,1-8H3,(H,38,41)/b31-25-,32-21+. The summed E-state index contributed by atoms with van der Waals surface area (Å²) in [6, 6.07) is 17.2. The van der Waals surface area contributed by atoms with Crippen LogP contribution in [0.3, 0.4) is 0 Å². The predicted octanol–water partition coefficient (Wildman–Crippen LogP) is 8.10. The maximum absolute atomic E-state index is 12.5. The summed E-state index contributed by atoms with van der Waals surface area (Å²) in [5.74, 6) is 0.818. The Morgan fingerprint density at radius 2 is 1.77 bits per heavy atom. The van der Waals surface area contributed by atoms with Gasteiger partial charge in [-0.25, -0.2) is 4.79 Å². The van der Waals surface area contributed by atoms with Crippen molar-refractivity contribution in [3.05, 3.63) is 101 Å². The van der Waals surface area contributed by atoms with Gasteiger partial charge in [-0.3, -0.25) is 9.78 Å². The van der Waals surface area contributed by atoms with Gasteiger partial charge >= 0.3 is 12.1 Å². The number of benzene rings is 2. The van der Waals surface area contributed by atoms with Crippen molar-refractivity contribution in [2.24, 2.45) is 5.92 Å². The van der Waals surface area contributed by atoms with Gasteiger partial charge in [0.1, 0.15) is 17.1 Å². The van der Waals surface area contributed by atoms with Gasteiger partial charge in [0, 0.05) is 35.5 Å². The lowest BCUT2D eigenvalue weighted by atomic mass is 9.99. The molecule has 0 fully saturated rings. The second-order valence-corrected chi connectivity index (χ2v) is 11.8. The molecule has 0 saturated carbocycles. The van der Waals surface area contributed by atoms with Gasteiger partial charge in [-0.2, -0.15) is 0 Å². The number of aliphatic hydroxyl groups is 1. The average Bonchev–Trinajstić information content (AvgIpc) is 2.94. The molecule has 0 aliphatic heterocycles. The van der Waals surface area contributed by atoms with Gasteiger partial charge in [-0.1, -0.05) is 44.2 Å². The Balaban J connectivity index is 1.98. The topological polar surface area (TPSA) is 107 Å². The van der Waals surface area contributed by atoms with E-state index >= 15 is 0 Å². The molecule has 1 heterocycles. The highest BCUT2D eigenvalue weighted by molar-refractivity contribution is 5.77. The van der Waals surface area contributed by atoms with E-state index in [9.17, 15) is 14.7 Å². The molecule has 1 aromatic heterocycles. The Bertz CT molecular complexity index is 1530. The van der Waals surface area contributed by atoms with Gasteiger partial charge in [0.15, 0.2) is 0 Å². The lowest BCUT2D eigenvalue weighted by molar-refractivity contribution is -0.142. The number of nitrogens with one attached hydrogen (secondary N) is 1. The van der Waals surface area contributed by atoms with E-state index in [1.54, 1.807) is 20.0 Å². The van der Waals surface area contributed by atoms with Gasteiger partial charge in [0.05, 0.1) is 18.8 Å². The van der Waals surface area contributed by atoms with E-state index in [1.165, 1.54) is 0 Å². The average molecular weight is 601 g/mol. The zero-order chi connectivity index (χ0) is 32.4. The summed E-state index contributed by atoms with van der Waals surface area (Å²) in [5, 5.41) is 13.5. The summed E-state index contributed by atoms with van der Waals surface area (Å²) < 4.78 is 17.1. The van der Waals surface area contributed by atoms with E-state index in [2.05, 4.69) is 10.3 Å². The number of rotatable bonds is 11. The van der Waals surface area contributed by atoms with Crippen molar-refractivity contribution in [3.63, 3.8) is 0 Å². The smallest absolute Gasteiger partial charge is 0.407 e. The number of amides is 1. The quantitative estimate of drug-likeness (QED) is 0.130. The van der Waals surface area contributed by atoms with Crippen molar-refractivity contribution < 1.29 is 28.9 Å². The van der Waals surface area contributed by atoms with Crippen molar-refractivity contribution in [1.82, 2.24) is 10.3 Å². The molecule has 8 nitrogen and oxygen atoms in total. The van der Waals surface area contributed by atoms with Crippen LogP contribution in [-0.2, 0) is 27.2 Å². The molecule has 0 aliphatic carbocycles. The lowest BCUT2D eigenvalue weighted by Crippen LogP contribution is -2.32. The van der Waals surface area contributed by atoms with Crippen LogP contribution in [0, 0.1) is 12.8 Å². The molecule has 8 heteroatoms. The first-order valence-corrected chi connectivity index (χ1v) is 14.8. The molecule has 1 amide bonds. The van der Waals surface area contributed by atoms with E-state index < -0.39 is 11.7 Å². The molecule has 44 heavy (non-hydrogen) atoms. The molecular formula is C36H44N2O6. The monoisotopic (exact) mass is 600 g/mol. The molecule has 2 aromatic carbocycles. The minimum absolute atomic E-state index is 0.0542. The third kappa shape index (κ3) is 10.3. The van der Waals surface area contributed by atoms with Crippen LogP contribution in [-0.4, -0.2) is 34.4 Å². The number of carbonyl (C=O) groups excluding carboxylic acids is 2. The molecule has 0 spiro atoms. The first kappa shape index (κ1) is 33.9. The van der Waals surface area contributed by atoms with Gasteiger partial charge < -0.3 is 24.6 Å². The Morgan fingerprint density at radius 1 is 1.05 bits per heavy atom. The number of ether oxygens (including phenoxy) is 3. The summed E-state index contributed by atoms with van der Waals surface area (Å²) in [4.78, 5) is 28.9. The molecule has 0 aliphatic rings. The van der Waals surface area contributed by atoms with E-state index in [1.807, 2.05) is 102 Å². The minimum Gasteiger partial charge on any atom is -0.512 e. The Morgan fingerprint density at radius 3 is 2.41 bits per heavy atom. The minimum atomic E-state index is -0.596. The highest BCUT2D eigenvalue weighted by atomic mass is 16.6. The molecule has 0 unspecified atom stereocenters. The number of pyridine rings is 1. The fourth-order valence-electron chi connectivity index (χ4n) is 4.38. The number of esters is 1. The molecule has 0 saturated heterocycles. The highest BCUT2D eigenvalue weighted by Crippen LogP contribution is 2.32. The van der Waals surface area contributed by atoms with Crippen molar-refractivity contribution in [3.8, 4) is 16.9 Å². The van der Waals surface area contributed by atoms with Crippen molar-refractivity contribution >= 4 is 17.6 Å². The molecule has 0 atom stereocenters. The fourth-order valence-corrected chi connectivity index (χ4v) is 4.38. The molecule has 0 bridgehead atoms. The number of carbonyl (C=O) groups is 2. The normalized spacial score (nSPS) is 12.4. The van der Waals surface area contributed by atoms with Crippen LogP contribution in [0.1, 0.15) is 70.9 Å². The first-order chi connectivity index (χ1) is 20.8. The van der Waals surface area contributed by atoms with Crippen LogP contribution in [0.4, 0.5) is 4.79 Å². The Kier molecular flexibility index (Phi) is 11.7. The van der Waals surface area contributed by atoms with Crippen LogP contribution in [0.2, 0.25) is 0 Å². The van der Waals surface area contributed by atoms with Crippen molar-refractivity contribution in [2.75, 3.05) is 6.61 Å². The van der Waals surface area contributed by atoms with E-state index in [0.717, 1.165) is 27.9 Å². The summed E-state index contributed by atoms with van der Waals surface area (Å²) in [7, 11) is 0. The lowest BCUT2D eigenvalue weighted by Gasteiger charge is -2.20. The second-order valence-electron chi connectivity index (χ2n) is 11.8. The number of alkyl carbamates (subject to hydrolysis) is 1.